The topological polar surface area (TPSA) is 55.8 Å². The van der Waals surface area contributed by atoms with E-state index in [0.717, 1.165) is 19.5 Å². The number of rotatable bonds is 4. The predicted molar refractivity (Wildman–Crippen MR) is 82.8 cm³/mol. The fourth-order valence-electron chi connectivity index (χ4n) is 2.90. The first-order chi connectivity index (χ1) is 10.5. The molecule has 0 aromatic heterocycles. The van der Waals surface area contributed by atoms with Gasteiger partial charge in [0, 0.05) is 13.1 Å². The lowest BCUT2D eigenvalue weighted by Gasteiger charge is -2.34. The minimum atomic E-state index is -0.492. The summed E-state index contributed by atoms with van der Waals surface area (Å²) < 4.78 is 10.1. The van der Waals surface area contributed by atoms with Crippen molar-refractivity contribution < 1.29 is 19.1 Å². The lowest BCUT2D eigenvalue weighted by molar-refractivity contribution is -0.137. The maximum atomic E-state index is 12.2. The lowest BCUT2D eigenvalue weighted by atomic mass is 9.92. The van der Waals surface area contributed by atoms with Crippen LogP contribution in [0.25, 0.3) is 0 Å². The van der Waals surface area contributed by atoms with Crippen LogP contribution in [0, 0.1) is 11.8 Å². The number of hydrogen-bond acceptors (Lipinski definition) is 4. The number of hydrogen-bond donors (Lipinski definition) is 0. The monoisotopic (exact) mass is 305 g/mol. The minimum Gasteiger partial charge on any atom is -0.497 e. The van der Waals surface area contributed by atoms with Crippen LogP contribution in [0.4, 0.5) is 0 Å². The van der Waals surface area contributed by atoms with Gasteiger partial charge in [0.2, 0.25) is 0 Å². The molecule has 0 N–H and O–H groups in total. The number of ether oxygens (including phenoxy) is 2. The Morgan fingerprint density at radius 2 is 1.73 bits per heavy atom. The molecule has 2 rings (SSSR count). The van der Waals surface area contributed by atoms with Crippen LogP contribution in [0.1, 0.15) is 30.6 Å². The van der Waals surface area contributed by atoms with Crippen LogP contribution >= 0.6 is 0 Å². The fraction of sp³-hybridized carbons (Fsp3) is 0.529. The second-order valence-corrected chi connectivity index (χ2v) is 6.05. The third kappa shape index (κ3) is 4.23. The van der Waals surface area contributed by atoms with Gasteiger partial charge in [0.1, 0.15) is 5.75 Å². The molecule has 0 bridgehead atoms. The van der Waals surface area contributed by atoms with E-state index >= 15 is 0 Å². The van der Waals surface area contributed by atoms with Gasteiger partial charge in [0.25, 0.3) is 5.91 Å². The quantitative estimate of drug-likeness (QED) is 0.801. The van der Waals surface area contributed by atoms with Gasteiger partial charge in [0.15, 0.2) is 6.61 Å². The Balaban J connectivity index is 1.85. The molecule has 120 valence electrons. The summed E-state index contributed by atoms with van der Waals surface area (Å²) >= 11 is 0. The van der Waals surface area contributed by atoms with Crippen molar-refractivity contribution in [3.05, 3.63) is 29.8 Å². The van der Waals surface area contributed by atoms with E-state index in [1.165, 1.54) is 0 Å². The summed E-state index contributed by atoms with van der Waals surface area (Å²) in [4.78, 5) is 25.9. The molecule has 1 saturated heterocycles. The number of carbonyl (C=O) groups excluding carboxylic acids is 2. The molecule has 2 unspecified atom stereocenters. The smallest absolute Gasteiger partial charge is 0.338 e. The highest BCUT2D eigenvalue weighted by Crippen LogP contribution is 2.21. The lowest BCUT2D eigenvalue weighted by Crippen LogP contribution is -2.44. The summed E-state index contributed by atoms with van der Waals surface area (Å²) in [5.41, 5.74) is 0.411. The molecule has 1 heterocycles. The highest BCUT2D eigenvalue weighted by atomic mass is 16.5. The van der Waals surface area contributed by atoms with Crippen LogP contribution in [0.15, 0.2) is 24.3 Å². The molecule has 1 aromatic carbocycles. The SMILES string of the molecule is COc1ccc(C(=O)OCC(=O)N2CC(C)CC(C)C2)cc1. The molecule has 1 amide bonds. The molecule has 22 heavy (non-hydrogen) atoms. The van der Waals surface area contributed by atoms with Crippen molar-refractivity contribution in [2.24, 2.45) is 11.8 Å². The first-order valence-corrected chi connectivity index (χ1v) is 7.58. The predicted octanol–water partition coefficient (Wildman–Crippen LogP) is 2.36. The summed E-state index contributed by atoms with van der Waals surface area (Å²) in [7, 11) is 1.56. The average Bonchev–Trinajstić information content (AvgIpc) is 2.51. The maximum absolute atomic E-state index is 12.2. The Morgan fingerprint density at radius 1 is 1.14 bits per heavy atom. The number of amides is 1. The number of piperidine rings is 1. The third-order valence-corrected chi connectivity index (χ3v) is 3.87. The van der Waals surface area contributed by atoms with Crippen LogP contribution < -0.4 is 4.74 Å². The molecule has 1 aliphatic heterocycles. The van der Waals surface area contributed by atoms with Crippen molar-refractivity contribution in [1.29, 1.82) is 0 Å². The van der Waals surface area contributed by atoms with Gasteiger partial charge in [-0.1, -0.05) is 13.8 Å². The molecule has 5 heteroatoms. The molecule has 5 nitrogen and oxygen atoms in total. The van der Waals surface area contributed by atoms with E-state index in [1.54, 1.807) is 36.3 Å². The zero-order valence-electron chi connectivity index (χ0n) is 13.4. The van der Waals surface area contributed by atoms with Gasteiger partial charge in [-0.3, -0.25) is 4.79 Å². The number of esters is 1. The van der Waals surface area contributed by atoms with Gasteiger partial charge in [-0.25, -0.2) is 4.79 Å². The Labute approximate surface area is 131 Å². The summed E-state index contributed by atoms with van der Waals surface area (Å²) in [5.74, 6) is 1.04. The zero-order valence-corrected chi connectivity index (χ0v) is 13.4. The van der Waals surface area contributed by atoms with Gasteiger partial charge < -0.3 is 14.4 Å². The summed E-state index contributed by atoms with van der Waals surface area (Å²) in [6.45, 7) is 5.55. The van der Waals surface area contributed by atoms with Crippen molar-refractivity contribution in [1.82, 2.24) is 4.90 Å². The van der Waals surface area contributed by atoms with Crippen molar-refractivity contribution in [3.8, 4) is 5.75 Å². The first-order valence-electron chi connectivity index (χ1n) is 7.58. The van der Waals surface area contributed by atoms with Crippen LogP contribution in [-0.4, -0.2) is 43.6 Å². The van der Waals surface area contributed by atoms with Gasteiger partial charge in [-0.05, 0) is 42.5 Å². The molecule has 1 aliphatic rings. The van der Waals surface area contributed by atoms with Gasteiger partial charge in [-0.15, -0.1) is 0 Å². The number of nitrogens with zero attached hydrogens (tertiary/aromatic N) is 1. The van der Waals surface area contributed by atoms with Gasteiger partial charge in [-0.2, -0.15) is 0 Å². The van der Waals surface area contributed by atoms with Crippen molar-refractivity contribution in [3.63, 3.8) is 0 Å². The van der Waals surface area contributed by atoms with Crippen molar-refractivity contribution in [2.75, 3.05) is 26.8 Å². The molecule has 1 fully saturated rings. The molecule has 2 atom stereocenters. The highest BCUT2D eigenvalue weighted by molar-refractivity contribution is 5.91. The number of methoxy groups -OCH3 is 1. The van der Waals surface area contributed by atoms with Crippen molar-refractivity contribution >= 4 is 11.9 Å². The number of likely N-dealkylation sites (tertiary alicyclic amines) is 1. The molecule has 0 aliphatic carbocycles. The van der Waals surface area contributed by atoms with Crippen molar-refractivity contribution in [2.45, 2.75) is 20.3 Å². The number of benzene rings is 1. The van der Waals surface area contributed by atoms with Gasteiger partial charge in [0.05, 0.1) is 12.7 Å². The van der Waals surface area contributed by atoms with E-state index in [4.69, 9.17) is 9.47 Å². The van der Waals surface area contributed by atoms with Crippen LogP contribution in [0.5, 0.6) is 5.75 Å². The van der Waals surface area contributed by atoms with E-state index in [0.29, 0.717) is 23.1 Å². The Morgan fingerprint density at radius 3 is 2.27 bits per heavy atom. The second kappa shape index (κ2) is 7.29. The van der Waals surface area contributed by atoms with E-state index < -0.39 is 5.97 Å². The Bertz CT molecular complexity index is 516. The third-order valence-electron chi connectivity index (χ3n) is 3.87. The fourth-order valence-corrected chi connectivity index (χ4v) is 2.90. The number of carbonyl (C=O) groups is 2. The molecular formula is C17H23NO4. The van der Waals surface area contributed by atoms with E-state index in [1.807, 2.05) is 0 Å². The van der Waals surface area contributed by atoms with E-state index in [-0.39, 0.29) is 12.5 Å². The minimum absolute atomic E-state index is 0.125. The summed E-state index contributed by atoms with van der Waals surface area (Å²) in [6.07, 6.45) is 1.13. The van der Waals surface area contributed by atoms with Gasteiger partial charge >= 0.3 is 5.97 Å². The second-order valence-electron chi connectivity index (χ2n) is 6.05. The maximum Gasteiger partial charge on any atom is 0.338 e. The normalized spacial score (nSPS) is 21.3. The van der Waals surface area contributed by atoms with E-state index in [9.17, 15) is 9.59 Å². The molecule has 0 spiro atoms. The zero-order chi connectivity index (χ0) is 16.1. The molecule has 0 saturated carbocycles. The highest BCUT2D eigenvalue weighted by Gasteiger charge is 2.26. The summed E-state index contributed by atoms with van der Waals surface area (Å²) in [6, 6.07) is 6.62. The Hall–Kier alpha value is -2.04. The Kier molecular flexibility index (Phi) is 5.41. The summed E-state index contributed by atoms with van der Waals surface area (Å²) in [5, 5.41) is 0. The first kappa shape index (κ1) is 16.3. The molecule has 0 radical (unpaired) electrons. The largest absolute Gasteiger partial charge is 0.497 e. The molecule has 1 aromatic rings. The molecular weight excluding hydrogens is 282 g/mol. The van der Waals surface area contributed by atoms with Crippen LogP contribution in [0.3, 0.4) is 0 Å². The average molecular weight is 305 g/mol. The standard InChI is InChI=1S/C17H23NO4/c1-12-8-13(2)10-18(9-12)16(19)11-22-17(20)14-4-6-15(21-3)7-5-14/h4-7,12-13H,8-11H2,1-3H3. The van der Waals surface area contributed by atoms with E-state index in [2.05, 4.69) is 13.8 Å². The van der Waals surface area contributed by atoms with Crippen LogP contribution in [0.2, 0.25) is 0 Å². The van der Waals surface area contributed by atoms with Crippen LogP contribution in [-0.2, 0) is 9.53 Å².